The Labute approximate surface area is 292 Å². The van der Waals surface area contributed by atoms with Crippen LogP contribution >= 0.6 is 0 Å². The van der Waals surface area contributed by atoms with Crippen molar-refractivity contribution in [3.63, 3.8) is 0 Å². The lowest BCUT2D eigenvalue weighted by atomic mass is 9.45. The Hall–Kier alpha value is -4.11. The van der Waals surface area contributed by atoms with E-state index < -0.39 is 35.7 Å². The van der Waals surface area contributed by atoms with E-state index in [1.165, 1.54) is 0 Å². The number of allylic oxidation sites excluding steroid dienone is 1. The molecule has 50 heavy (non-hydrogen) atoms. The smallest absolute Gasteiger partial charge is 0.341 e. The van der Waals surface area contributed by atoms with Gasteiger partial charge >= 0.3 is 5.97 Å². The summed E-state index contributed by atoms with van der Waals surface area (Å²) < 4.78 is 11.5. The lowest BCUT2D eigenvalue weighted by Crippen LogP contribution is -2.62. The van der Waals surface area contributed by atoms with E-state index >= 15 is 0 Å². The minimum absolute atomic E-state index is 0.00379. The number of morpholine rings is 1. The molecule has 2 saturated carbocycles. The molecule has 9 atom stereocenters. The number of amides is 1. The van der Waals surface area contributed by atoms with E-state index in [4.69, 9.17) is 21.8 Å². The highest BCUT2D eigenvalue weighted by Crippen LogP contribution is 2.62. The predicted octanol–water partition coefficient (Wildman–Crippen LogP) is 1.16. The van der Waals surface area contributed by atoms with Gasteiger partial charge in [-0.05, 0) is 61.1 Å². The fraction of sp³-hybridized carbons (Fsp3) is 0.583. The summed E-state index contributed by atoms with van der Waals surface area (Å²) in [6, 6.07) is 4.34. The van der Waals surface area contributed by atoms with E-state index in [1.807, 2.05) is 25.1 Å². The molecule has 0 radical (unpaired) electrons. The molecule has 1 aromatic rings. The van der Waals surface area contributed by atoms with E-state index in [1.54, 1.807) is 30.3 Å². The number of nitrogens with one attached hydrogen (secondary N) is 2. The minimum Gasteiger partial charge on any atom is -0.423 e. The Balaban J connectivity index is 1.25. The molecule has 1 saturated heterocycles. The normalized spacial score (nSPS) is 37.3. The Morgan fingerprint density at radius 3 is 2.74 bits per heavy atom. The number of pyridine rings is 1. The van der Waals surface area contributed by atoms with Gasteiger partial charge in [0.2, 0.25) is 0 Å². The molecule has 6 unspecified atom stereocenters. The van der Waals surface area contributed by atoms with Crippen molar-refractivity contribution in [2.24, 2.45) is 38.4 Å². The topological polar surface area (TPSA) is 187 Å². The zero-order valence-electron chi connectivity index (χ0n) is 28.9. The first-order chi connectivity index (χ1) is 23.9. The molecular formula is C36H48N8O6. The maximum atomic E-state index is 13.7. The third-order valence-corrected chi connectivity index (χ3v) is 12.2. The first kappa shape index (κ1) is 34.3. The molecule has 14 nitrogen and oxygen atoms in total. The number of nitrogens with zero attached hydrogens (tertiary/aromatic N) is 5. The van der Waals surface area contributed by atoms with Crippen molar-refractivity contribution in [2.45, 2.75) is 69.9 Å². The number of amidine groups is 1. The van der Waals surface area contributed by atoms with Crippen LogP contribution in [-0.4, -0.2) is 119 Å². The zero-order valence-corrected chi connectivity index (χ0v) is 28.9. The van der Waals surface area contributed by atoms with Crippen molar-refractivity contribution in [3.05, 3.63) is 60.0 Å². The average molecular weight is 689 g/mol. The number of aliphatic hydroxyl groups is 2. The van der Waals surface area contributed by atoms with Gasteiger partial charge < -0.3 is 35.6 Å². The van der Waals surface area contributed by atoms with Crippen LogP contribution in [0.1, 0.15) is 39.5 Å². The number of hydrogen-bond acceptors (Lipinski definition) is 13. The number of guanidine groups is 1. The SMILES string of the molecule is C=C1C(N2CCOCC2)CC2[C@](C)(CC[C@@H](O)[C@@]2(C)CO)C1CC(Nc1ccccn1)C1=C/C(=C\C2=NC3C(=O)NC(N)=NC3N2C)OC1=O. The largest absolute Gasteiger partial charge is 0.423 e. The molecule has 0 aromatic carbocycles. The first-order valence-corrected chi connectivity index (χ1v) is 17.5. The molecule has 1 amide bonds. The summed E-state index contributed by atoms with van der Waals surface area (Å²) in [4.78, 5) is 43.9. The summed E-state index contributed by atoms with van der Waals surface area (Å²) in [6.45, 7) is 11.8. The number of anilines is 1. The fourth-order valence-corrected chi connectivity index (χ4v) is 9.32. The van der Waals surface area contributed by atoms with E-state index in [0.717, 1.165) is 31.5 Å². The molecular weight excluding hydrogens is 640 g/mol. The van der Waals surface area contributed by atoms with Gasteiger partial charge in [0.25, 0.3) is 5.91 Å². The molecule has 4 aliphatic heterocycles. The number of aliphatic hydroxyl groups excluding tert-OH is 2. The zero-order chi connectivity index (χ0) is 35.4. The van der Waals surface area contributed by atoms with Crippen LogP contribution in [0.3, 0.4) is 0 Å². The molecule has 14 heteroatoms. The van der Waals surface area contributed by atoms with Crippen LogP contribution in [-0.2, 0) is 19.1 Å². The van der Waals surface area contributed by atoms with Gasteiger partial charge in [0.15, 0.2) is 18.2 Å². The van der Waals surface area contributed by atoms with Crippen molar-refractivity contribution < 1.29 is 29.3 Å². The number of hydrogen-bond donors (Lipinski definition) is 5. The van der Waals surface area contributed by atoms with Crippen LogP contribution in [0.2, 0.25) is 0 Å². The van der Waals surface area contributed by atoms with Crippen molar-refractivity contribution in [2.75, 3.05) is 45.3 Å². The second kappa shape index (κ2) is 13.2. The van der Waals surface area contributed by atoms with Gasteiger partial charge in [-0.2, -0.15) is 0 Å². The number of nitrogens with two attached hydrogens (primary N) is 1. The Morgan fingerprint density at radius 1 is 1.24 bits per heavy atom. The number of cyclic esters (lactones) is 1. The second-order valence-corrected chi connectivity index (χ2v) is 14.9. The van der Waals surface area contributed by atoms with Crippen molar-refractivity contribution in [1.29, 1.82) is 0 Å². The van der Waals surface area contributed by atoms with Gasteiger partial charge in [0.1, 0.15) is 17.4 Å². The number of aromatic nitrogens is 1. The lowest BCUT2D eigenvalue weighted by molar-refractivity contribution is -0.163. The molecule has 0 bridgehead atoms. The van der Waals surface area contributed by atoms with Gasteiger partial charge in [-0.25, -0.2) is 14.8 Å². The summed E-state index contributed by atoms with van der Waals surface area (Å²) >= 11 is 0. The third kappa shape index (κ3) is 5.91. The van der Waals surface area contributed by atoms with Crippen LogP contribution in [0.5, 0.6) is 0 Å². The highest BCUT2D eigenvalue weighted by Gasteiger charge is 2.60. The quantitative estimate of drug-likeness (QED) is 0.195. The number of rotatable bonds is 8. The van der Waals surface area contributed by atoms with Gasteiger partial charge in [0, 0.05) is 43.9 Å². The molecule has 6 aliphatic rings. The molecule has 1 aromatic heterocycles. The Bertz CT molecular complexity index is 1660. The van der Waals surface area contributed by atoms with Gasteiger partial charge in [-0.3, -0.25) is 20.0 Å². The van der Waals surface area contributed by atoms with Crippen molar-refractivity contribution in [3.8, 4) is 0 Å². The number of ether oxygens (including phenoxy) is 2. The molecule has 3 fully saturated rings. The Kier molecular flexibility index (Phi) is 9.08. The minimum atomic E-state index is -0.762. The fourth-order valence-electron chi connectivity index (χ4n) is 9.32. The molecule has 5 heterocycles. The first-order valence-electron chi connectivity index (χ1n) is 17.5. The van der Waals surface area contributed by atoms with E-state index in [2.05, 4.69) is 37.4 Å². The number of carbonyl (C=O) groups excluding carboxylic acids is 2. The lowest BCUT2D eigenvalue weighted by Gasteiger charge is -2.62. The molecule has 268 valence electrons. The monoisotopic (exact) mass is 688 g/mol. The number of carbonyl (C=O) groups is 2. The average Bonchev–Trinajstić information content (AvgIpc) is 3.63. The van der Waals surface area contributed by atoms with Crippen LogP contribution in [0.15, 0.2) is 70.0 Å². The third-order valence-electron chi connectivity index (χ3n) is 12.2. The van der Waals surface area contributed by atoms with Crippen molar-refractivity contribution in [1.82, 2.24) is 20.1 Å². The van der Waals surface area contributed by atoms with E-state index in [-0.39, 0.29) is 41.8 Å². The summed E-state index contributed by atoms with van der Waals surface area (Å²) in [5.41, 5.74) is 6.32. The maximum absolute atomic E-state index is 13.7. The Morgan fingerprint density at radius 2 is 2.02 bits per heavy atom. The second-order valence-electron chi connectivity index (χ2n) is 14.9. The van der Waals surface area contributed by atoms with Gasteiger partial charge in [0.05, 0.1) is 37.5 Å². The molecule has 7 rings (SSSR count). The number of aliphatic imine (C=N–C) groups is 2. The van der Waals surface area contributed by atoms with Crippen molar-refractivity contribution >= 4 is 29.5 Å². The highest BCUT2D eigenvalue weighted by atomic mass is 16.5. The summed E-state index contributed by atoms with van der Waals surface area (Å²) in [7, 11) is 1.76. The van der Waals surface area contributed by atoms with Crippen LogP contribution in [0.4, 0.5) is 5.82 Å². The maximum Gasteiger partial charge on any atom is 0.341 e. The van der Waals surface area contributed by atoms with Crippen LogP contribution in [0, 0.1) is 22.7 Å². The summed E-state index contributed by atoms with van der Waals surface area (Å²) in [5.74, 6) is 0.470. The molecule has 0 spiro atoms. The van der Waals surface area contributed by atoms with E-state index in [0.29, 0.717) is 49.0 Å². The molecule has 6 N–H and O–H groups in total. The van der Waals surface area contributed by atoms with Gasteiger partial charge in [-0.15, -0.1) is 0 Å². The number of fused-ring (bicyclic) bond motifs is 2. The predicted molar refractivity (Wildman–Crippen MR) is 187 cm³/mol. The van der Waals surface area contributed by atoms with E-state index in [9.17, 15) is 19.8 Å². The summed E-state index contributed by atoms with van der Waals surface area (Å²) in [5, 5.41) is 28.2. The highest BCUT2D eigenvalue weighted by molar-refractivity contribution is 6.06. The standard InChI is InChI=1S/C36H48N8O6/c1-20-23(35(2)9-8-27(46)36(3,19-45)26(35)18-25(20)44-11-13-49-14-12-44)17-24(39-28-7-5-6-10-38-28)22-15-21(50-33(22)48)16-29-40-30-31(43(29)4)41-34(37)42-32(30)47/h5-7,10,15-16,23-27,30-31,45-46H,1,8-9,11-14,17-19H2,2-4H3,(H,38,39)(H3,37,41,42,47)/b21-16+/t23?,24?,25?,26?,27-,30?,31?,35-,36+/m1/s1. The summed E-state index contributed by atoms with van der Waals surface area (Å²) in [6.07, 6.45) is 6.47. The van der Waals surface area contributed by atoms with Gasteiger partial charge in [-0.1, -0.05) is 32.1 Å². The van der Waals surface area contributed by atoms with Crippen LogP contribution < -0.4 is 16.4 Å². The molecule has 2 aliphatic carbocycles. The van der Waals surface area contributed by atoms with Crippen LogP contribution in [0.25, 0.3) is 0 Å². The number of esters is 1. The number of likely N-dealkylation sites (N-methyl/N-ethyl adjacent to an activating group) is 1.